The number of hydrogen-bond acceptors (Lipinski definition) is 3. The van der Waals surface area contributed by atoms with E-state index in [4.69, 9.17) is 15.3 Å². The average molecular weight is 1150 g/mol. The van der Waals surface area contributed by atoms with Crippen LogP contribution in [-0.2, 0) is 45.1 Å². The summed E-state index contributed by atoms with van der Waals surface area (Å²) in [5, 5.41) is 9.33. The summed E-state index contributed by atoms with van der Waals surface area (Å²) in [5.74, 6) is 0.439. The number of para-hydroxylation sites is 2. The Hall–Kier alpha value is -5.91. The summed E-state index contributed by atoms with van der Waals surface area (Å²) < 4.78 is 0. The molecule has 392 valence electrons. The summed E-state index contributed by atoms with van der Waals surface area (Å²) in [6.45, 7) is 27.2. The van der Waals surface area contributed by atoms with Gasteiger partial charge in [0, 0.05) is 42.8 Å². The monoisotopic (exact) mass is 1150 g/mol. The van der Waals surface area contributed by atoms with Gasteiger partial charge in [0.1, 0.15) is 0 Å². The van der Waals surface area contributed by atoms with Gasteiger partial charge in [-0.15, -0.1) is 41.6 Å². The Balaban J connectivity index is 0.000000637. The Morgan fingerprint density at radius 3 is 1.47 bits per heavy atom. The first-order chi connectivity index (χ1) is 35.5. The molecule has 0 fully saturated rings. The summed E-state index contributed by atoms with van der Waals surface area (Å²) in [6, 6.07) is 68.6. The third-order valence-corrected chi connectivity index (χ3v) is 11.5. The first-order valence-electron chi connectivity index (χ1n) is 27.2. The van der Waals surface area contributed by atoms with Gasteiger partial charge in [0.05, 0.1) is 17.4 Å². The van der Waals surface area contributed by atoms with E-state index in [1.807, 2.05) is 85.7 Å². The molecular formula is C69H89HfN4-3. The number of benzene rings is 6. The van der Waals surface area contributed by atoms with Crippen LogP contribution in [-0.4, -0.2) is 9.97 Å². The fraction of sp³-hybridized carbons (Fsp3) is 0.319. The molecule has 0 aliphatic rings. The maximum absolute atomic E-state index is 5.40. The van der Waals surface area contributed by atoms with Crippen molar-refractivity contribution in [3.05, 3.63) is 252 Å². The van der Waals surface area contributed by atoms with Crippen molar-refractivity contribution >= 4 is 11.4 Å². The number of rotatable bonds is 17. The first kappa shape index (κ1) is 66.1. The predicted octanol–water partition coefficient (Wildman–Crippen LogP) is 20.8. The summed E-state index contributed by atoms with van der Waals surface area (Å²) in [6.07, 6.45) is 6.45. The molecule has 8 aromatic rings. The van der Waals surface area contributed by atoms with E-state index in [0.29, 0.717) is 5.92 Å². The second kappa shape index (κ2) is 38.6. The van der Waals surface area contributed by atoms with Gasteiger partial charge in [-0.25, -0.2) is 0 Å². The first-order valence-corrected chi connectivity index (χ1v) is 27.2. The van der Waals surface area contributed by atoms with E-state index < -0.39 is 0 Å². The van der Waals surface area contributed by atoms with Crippen LogP contribution in [0.15, 0.2) is 188 Å². The Kier molecular flexibility index (Phi) is 34.5. The molecule has 4 nitrogen and oxygen atoms in total. The van der Waals surface area contributed by atoms with Gasteiger partial charge < -0.3 is 23.0 Å². The summed E-state index contributed by atoms with van der Waals surface area (Å²) in [4.78, 5) is 10.1. The Morgan fingerprint density at radius 1 is 0.473 bits per heavy atom. The van der Waals surface area contributed by atoms with Crippen LogP contribution >= 0.6 is 0 Å². The van der Waals surface area contributed by atoms with E-state index in [2.05, 4.69) is 204 Å². The van der Waals surface area contributed by atoms with Crippen molar-refractivity contribution in [3.63, 3.8) is 0 Å². The molecule has 2 aromatic heterocycles. The van der Waals surface area contributed by atoms with Crippen LogP contribution < -0.4 is 5.32 Å². The van der Waals surface area contributed by atoms with Crippen molar-refractivity contribution in [1.82, 2.24) is 9.97 Å². The Morgan fingerprint density at radius 2 is 0.932 bits per heavy atom. The van der Waals surface area contributed by atoms with Crippen LogP contribution in [0.4, 0.5) is 11.4 Å². The van der Waals surface area contributed by atoms with Gasteiger partial charge in [-0.2, -0.15) is 0 Å². The molecular weight excluding hydrogens is 1060 g/mol. The fourth-order valence-corrected chi connectivity index (χ4v) is 8.39. The van der Waals surface area contributed by atoms with Crippen molar-refractivity contribution < 1.29 is 25.8 Å². The number of nitrogens with one attached hydrogen (secondary N) is 1. The van der Waals surface area contributed by atoms with E-state index in [1.54, 1.807) is 0 Å². The summed E-state index contributed by atoms with van der Waals surface area (Å²) in [5.41, 5.74) is 16.2. The van der Waals surface area contributed by atoms with Crippen LogP contribution in [0.25, 0.3) is 27.8 Å². The zero-order valence-corrected chi connectivity index (χ0v) is 51.3. The third kappa shape index (κ3) is 19.7. The van der Waals surface area contributed by atoms with E-state index in [0.717, 1.165) is 83.7 Å². The Bertz CT molecular complexity index is 2610. The van der Waals surface area contributed by atoms with Crippen molar-refractivity contribution in [2.45, 2.75) is 147 Å². The number of hydrogen-bond donors (Lipinski definition) is 1. The van der Waals surface area contributed by atoms with Gasteiger partial charge in [0.15, 0.2) is 0 Å². The van der Waals surface area contributed by atoms with Gasteiger partial charge in [0.2, 0.25) is 0 Å². The number of nitrogens with zero attached hydrogens (tertiary/aromatic N) is 3. The van der Waals surface area contributed by atoms with E-state index in [9.17, 15) is 0 Å². The molecule has 1 N–H and O–H groups in total. The molecule has 0 bridgehead atoms. The second-order valence-electron chi connectivity index (χ2n) is 16.7. The van der Waals surface area contributed by atoms with E-state index in [1.165, 1.54) is 33.5 Å². The maximum Gasteiger partial charge on any atom is 0.0940 e. The summed E-state index contributed by atoms with van der Waals surface area (Å²) >= 11 is 0. The van der Waals surface area contributed by atoms with Gasteiger partial charge in [-0.1, -0.05) is 272 Å². The smallest absolute Gasteiger partial charge is 0.0940 e. The minimum atomic E-state index is -0.159. The molecule has 0 saturated carbocycles. The third-order valence-electron chi connectivity index (χ3n) is 11.5. The number of aromatic nitrogens is 2. The molecule has 6 aromatic carbocycles. The Labute approximate surface area is 470 Å². The fourth-order valence-electron chi connectivity index (χ4n) is 8.39. The van der Waals surface area contributed by atoms with Crippen LogP contribution in [0.3, 0.4) is 0 Å². The van der Waals surface area contributed by atoms with Crippen molar-refractivity contribution in [2.75, 3.05) is 5.32 Å². The van der Waals surface area contributed by atoms with Gasteiger partial charge >= 0.3 is 0 Å². The molecule has 0 aliphatic heterocycles. The van der Waals surface area contributed by atoms with Crippen molar-refractivity contribution in [2.24, 2.45) is 0 Å². The summed E-state index contributed by atoms with van der Waals surface area (Å²) in [7, 11) is 0. The molecule has 0 spiro atoms. The minimum Gasteiger partial charge on any atom is -0.673 e. The van der Waals surface area contributed by atoms with Crippen molar-refractivity contribution in [3.8, 4) is 22.5 Å². The van der Waals surface area contributed by atoms with Crippen LogP contribution in [0.5, 0.6) is 0 Å². The van der Waals surface area contributed by atoms with Crippen LogP contribution in [0, 0.1) is 13.5 Å². The normalized spacial score (nSPS) is 10.6. The van der Waals surface area contributed by atoms with Crippen LogP contribution in [0.2, 0.25) is 0 Å². The molecule has 2 heterocycles. The molecule has 2 unspecified atom stereocenters. The zero-order chi connectivity index (χ0) is 52.5. The minimum absolute atomic E-state index is 0. The SMILES string of the molecule is CC.CC.CC.CC.CCCc1cccc(C(C)C)c1NC(c1ccccc1)c1cccc(-c2ccccc2)n1.CCCc1cccc(CCC)c1[N-]C(c1ccccc1)c1cccc(-c2[c-]cccc2)n1.[CH3-].[Hf]. The molecule has 0 amide bonds. The van der Waals surface area contributed by atoms with Gasteiger partial charge in [-0.05, 0) is 71.8 Å². The molecule has 0 saturated heterocycles. The number of anilines is 1. The molecule has 74 heavy (non-hydrogen) atoms. The van der Waals surface area contributed by atoms with Crippen LogP contribution in [0.1, 0.15) is 172 Å². The maximum atomic E-state index is 5.40. The zero-order valence-electron chi connectivity index (χ0n) is 47.7. The largest absolute Gasteiger partial charge is 0.673 e. The molecule has 8 rings (SSSR count). The molecule has 5 heteroatoms. The number of aryl methyl sites for hydroxylation is 3. The topological polar surface area (TPSA) is 51.9 Å². The van der Waals surface area contributed by atoms with E-state index in [-0.39, 0.29) is 45.4 Å². The average Bonchev–Trinajstić information content (AvgIpc) is 3.46. The van der Waals surface area contributed by atoms with Gasteiger partial charge in [-0.3, -0.25) is 4.98 Å². The predicted molar refractivity (Wildman–Crippen MR) is 322 cm³/mol. The molecule has 0 radical (unpaired) electrons. The van der Waals surface area contributed by atoms with E-state index >= 15 is 0 Å². The molecule has 0 aliphatic carbocycles. The molecule has 2 atom stereocenters. The van der Waals surface area contributed by atoms with Crippen molar-refractivity contribution in [1.29, 1.82) is 0 Å². The number of pyridine rings is 2. The quantitative estimate of drug-likeness (QED) is 0.0730. The standard InChI is InChI=1S/C30H32N2.C30H30N2.4C2H6.CH3.Hf/c1-4-13-24-18-11-19-26(22(2)3)29(24)32-30(25-16-9-6-10-17-25)28-21-12-20-27(31-28)23-14-7-5-8-15-23;1-3-13-24-19-11-20-25(14-4-2)29(24)32-30(26-17-9-6-10-18-26)28-22-12-21-27(31-28)23-15-7-5-8-16-23;4*1-2;;/h5-12,14-22,30,32H,4,13H2,1-3H3;5-12,15,17-22,30H,3-4,13-14H2,1-2H3;4*1-2H3;1H3;/q;-2;;;;;-1;. The van der Waals surface area contributed by atoms with Gasteiger partial charge in [0.25, 0.3) is 0 Å². The second-order valence-corrected chi connectivity index (χ2v) is 16.7.